The summed E-state index contributed by atoms with van der Waals surface area (Å²) in [6, 6.07) is 7.38. The molecular formula is C12H18N2O2. The molecule has 4 nitrogen and oxygen atoms in total. The Bertz CT molecular complexity index is 362. The number of nitrogens with one attached hydrogen (secondary N) is 1. The molecule has 1 aromatic rings. The first kappa shape index (κ1) is 12.4. The summed E-state index contributed by atoms with van der Waals surface area (Å²) in [5, 5.41) is 3.13. The van der Waals surface area contributed by atoms with Crippen molar-refractivity contribution >= 4 is 11.6 Å². The van der Waals surface area contributed by atoms with Crippen molar-refractivity contribution in [1.82, 2.24) is 0 Å². The Labute approximate surface area is 95.8 Å². The second-order valence-corrected chi connectivity index (χ2v) is 3.90. The van der Waals surface area contributed by atoms with Crippen LogP contribution in [0.5, 0.6) is 5.75 Å². The predicted molar refractivity (Wildman–Crippen MR) is 64.5 cm³/mol. The van der Waals surface area contributed by atoms with E-state index in [0.29, 0.717) is 6.42 Å². The van der Waals surface area contributed by atoms with E-state index in [1.54, 1.807) is 14.0 Å². The van der Waals surface area contributed by atoms with Gasteiger partial charge in [0, 0.05) is 5.69 Å². The van der Waals surface area contributed by atoms with Crippen molar-refractivity contribution < 1.29 is 9.53 Å². The van der Waals surface area contributed by atoms with Crippen LogP contribution in [0.25, 0.3) is 0 Å². The van der Waals surface area contributed by atoms with Crippen LogP contribution in [0.1, 0.15) is 20.3 Å². The van der Waals surface area contributed by atoms with Crippen molar-refractivity contribution in [2.24, 2.45) is 5.73 Å². The Hall–Kier alpha value is -1.71. The molecule has 4 heteroatoms. The van der Waals surface area contributed by atoms with Crippen LogP contribution in [0, 0.1) is 0 Å². The largest absolute Gasteiger partial charge is 0.497 e. The number of nitrogens with two attached hydrogens (primary N) is 1. The van der Waals surface area contributed by atoms with Gasteiger partial charge in [-0.2, -0.15) is 0 Å². The molecule has 88 valence electrons. The highest BCUT2D eigenvalue weighted by Gasteiger charge is 2.28. The third-order valence-corrected chi connectivity index (χ3v) is 2.76. The molecule has 3 N–H and O–H groups in total. The Balaban J connectivity index is 2.82. The predicted octanol–water partition coefficient (Wildman–Crippen LogP) is 1.76. The molecule has 0 aliphatic carbocycles. The second-order valence-electron chi connectivity index (χ2n) is 3.90. The highest BCUT2D eigenvalue weighted by molar-refractivity contribution is 5.87. The molecule has 0 saturated heterocycles. The van der Waals surface area contributed by atoms with Gasteiger partial charge in [-0.15, -0.1) is 0 Å². The maximum absolute atomic E-state index is 11.3. The first-order valence-corrected chi connectivity index (χ1v) is 5.24. The first-order chi connectivity index (χ1) is 7.51. The van der Waals surface area contributed by atoms with Gasteiger partial charge >= 0.3 is 0 Å². The van der Waals surface area contributed by atoms with Crippen LogP contribution in [-0.4, -0.2) is 18.6 Å². The molecule has 1 unspecified atom stereocenters. The minimum Gasteiger partial charge on any atom is -0.497 e. The molecule has 0 saturated carbocycles. The monoisotopic (exact) mass is 222 g/mol. The molecule has 1 amide bonds. The van der Waals surface area contributed by atoms with E-state index < -0.39 is 5.54 Å². The number of anilines is 1. The lowest BCUT2D eigenvalue weighted by Gasteiger charge is -2.27. The van der Waals surface area contributed by atoms with Gasteiger partial charge in [0.1, 0.15) is 11.3 Å². The molecule has 0 fully saturated rings. The van der Waals surface area contributed by atoms with Gasteiger partial charge < -0.3 is 15.8 Å². The van der Waals surface area contributed by atoms with Crippen molar-refractivity contribution in [2.45, 2.75) is 25.8 Å². The zero-order valence-electron chi connectivity index (χ0n) is 9.91. The summed E-state index contributed by atoms with van der Waals surface area (Å²) in [5.74, 6) is 0.425. The van der Waals surface area contributed by atoms with E-state index in [0.717, 1.165) is 11.4 Å². The summed E-state index contributed by atoms with van der Waals surface area (Å²) in [7, 11) is 1.61. The highest BCUT2D eigenvalue weighted by atomic mass is 16.5. The topological polar surface area (TPSA) is 64.3 Å². The van der Waals surface area contributed by atoms with E-state index in [2.05, 4.69) is 5.32 Å². The normalized spacial score (nSPS) is 13.9. The molecule has 1 rings (SSSR count). The molecule has 16 heavy (non-hydrogen) atoms. The van der Waals surface area contributed by atoms with E-state index >= 15 is 0 Å². The van der Waals surface area contributed by atoms with Crippen molar-refractivity contribution in [3.63, 3.8) is 0 Å². The van der Waals surface area contributed by atoms with E-state index in [9.17, 15) is 4.79 Å². The second kappa shape index (κ2) is 4.88. The Morgan fingerprint density at radius 3 is 2.38 bits per heavy atom. The summed E-state index contributed by atoms with van der Waals surface area (Å²) in [6.45, 7) is 3.71. The first-order valence-electron chi connectivity index (χ1n) is 5.24. The molecule has 1 atom stereocenters. The summed E-state index contributed by atoms with van der Waals surface area (Å²) in [4.78, 5) is 11.3. The lowest BCUT2D eigenvalue weighted by Crippen LogP contribution is -2.47. The molecule has 0 bridgehead atoms. The van der Waals surface area contributed by atoms with Gasteiger partial charge in [0.15, 0.2) is 0 Å². The quantitative estimate of drug-likeness (QED) is 0.798. The number of primary amides is 1. The fraction of sp³-hybridized carbons (Fsp3) is 0.417. The van der Waals surface area contributed by atoms with Crippen LogP contribution in [0.4, 0.5) is 5.69 Å². The lowest BCUT2D eigenvalue weighted by atomic mass is 9.97. The van der Waals surface area contributed by atoms with Crippen molar-refractivity contribution in [1.29, 1.82) is 0 Å². The summed E-state index contributed by atoms with van der Waals surface area (Å²) >= 11 is 0. The highest BCUT2D eigenvalue weighted by Crippen LogP contribution is 2.20. The van der Waals surface area contributed by atoms with Crippen LogP contribution < -0.4 is 15.8 Å². The van der Waals surface area contributed by atoms with Crippen LogP contribution in [0.2, 0.25) is 0 Å². The van der Waals surface area contributed by atoms with Crippen LogP contribution in [-0.2, 0) is 4.79 Å². The fourth-order valence-electron chi connectivity index (χ4n) is 1.32. The van der Waals surface area contributed by atoms with Gasteiger partial charge in [0.25, 0.3) is 0 Å². The van der Waals surface area contributed by atoms with Gasteiger partial charge in [-0.1, -0.05) is 6.92 Å². The number of benzene rings is 1. The minimum atomic E-state index is -0.714. The number of hydrogen-bond donors (Lipinski definition) is 2. The number of hydrogen-bond acceptors (Lipinski definition) is 3. The molecule has 0 aliphatic rings. The standard InChI is InChI=1S/C12H18N2O2/c1-4-12(2,11(13)15)14-9-5-7-10(16-3)8-6-9/h5-8,14H,4H2,1-3H3,(H2,13,15). The molecule has 0 spiro atoms. The summed E-state index contributed by atoms with van der Waals surface area (Å²) < 4.78 is 5.05. The van der Waals surface area contributed by atoms with Crippen molar-refractivity contribution in [3.05, 3.63) is 24.3 Å². The average molecular weight is 222 g/mol. The number of rotatable bonds is 5. The van der Waals surface area contributed by atoms with Crippen LogP contribution in [0.3, 0.4) is 0 Å². The van der Waals surface area contributed by atoms with Gasteiger partial charge in [-0.05, 0) is 37.6 Å². The van der Waals surface area contributed by atoms with E-state index in [1.165, 1.54) is 0 Å². The third kappa shape index (κ3) is 2.66. The SMILES string of the molecule is CCC(C)(Nc1ccc(OC)cc1)C(N)=O. The molecule has 0 aliphatic heterocycles. The maximum atomic E-state index is 11.3. The van der Waals surface area contributed by atoms with Gasteiger partial charge in [-0.25, -0.2) is 0 Å². The zero-order chi connectivity index (χ0) is 12.2. The van der Waals surface area contributed by atoms with Gasteiger partial charge in [0.2, 0.25) is 5.91 Å². The molecule has 1 aromatic carbocycles. The van der Waals surface area contributed by atoms with E-state index in [1.807, 2.05) is 31.2 Å². The molecule has 0 aromatic heterocycles. The lowest BCUT2D eigenvalue weighted by molar-refractivity contribution is -0.121. The zero-order valence-corrected chi connectivity index (χ0v) is 9.91. The molecule has 0 radical (unpaired) electrons. The Morgan fingerprint density at radius 1 is 1.44 bits per heavy atom. The van der Waals surface area contributed by atoms with Gasteiger partial charge in [-0.3, -0.25) is 4.79 Å². The fourth-order valence-corrected chi connectivity index (χ4v) is 1.32. The van der Waals surface area contributed by atoms with Crippen molar-refractivity contribution in [3.8, 4) is 5.75 Å². The average Bonchev–Trinajstić information content (AvgIpc) is 2.29. The third-order valence-electron chi connectivity index (χ3n) is 2.76. The smallest absolute Gasteiger partial charge is 0.242 e. The van der Waals surface area contributed by atoms with E-state index in [4.69, 9.17) is 10.5 Å². The van der Waals surface area contributed by atoms with Crippen LogP contribution in [0.15, 0.2) is 24.3 Å². The minimum absolute atomic E-state index is 0.356. The van der Waals surface area contributed by atoms with Crippen LogP contribution >= 0.6 is 0 Å². The van der Waals surface area contributed by atoms with E-state index in [-0.39, 0.29) is 5.91 Å². The number of methoxy groups -OCH3 is 1. The maximum Gasteiger partial charge on any atom is 0.242 e. The summed E-state index contributed by atoms with van der Waals surface area (Å²) in [5.41, 5.74) is 5.50. The molecule has 0 heterocycles. The number of carbonyl (C=O) groups is 1. The van der Waals surface area contributed by atoms with Gasteiger partial charge in [0.05, 0.1) is 7.11 Å². The van der Waals surface area contributed by atoms with Crippen molar-refractivity contribution in [2.75, 3.05) is 12.4 Å². The Morgan fingerprint density at radius 2 is 2.00 bits per heavy atom. The number of carbonyl (C=O) groups excluding carboxylic acids is 1. The molecular weight excluding hydrogens is 204 g/mol. The number of amides is 1. The number of ether oxygens (including phenoxy) is 1. The Kier molecular flexibility index (Phi) is 3.77. The summed E-state index contributed by atoms with van der Waals surface area (Å²) in [6.07, 6.45) is 0.633.